The molecule has 1 unspecified atom stereocenters. The Morgan fingerprint density at radius 2 is 1.69 bits per heavy atom. The molecule has 0 aliphatic rings. The first-order valence-electron chi connectivity index (χ1n) is 10.0. The molecule has 0 aromatic heterocycles. The molecule has 32 heavy (non-hydrogen) atoms. The topological polar surface area (TPSA) is 86.8 Å². The van der Waals surface area contributed by atoms with E-state index in [9.17, 15) is 22.4 Å². The van der Waals surface area contributed by atoms with Crippen LogP contribution in [0.5, 0.6) is 0 Å². The zero-order valence-corrected chi connectivity index (χ0v) is 20.6. The Morgan fingerprint density at radius 3 is 2.22 bits per heavy atom. The lowest BCUT2D eigenvalue weighted by Crippen LogP contribution is -2.46. The minimum absolute atomic E-state index is 0.0467. The number of sulfonamides is 1. The number of rotatable bonds is 10. The maximum atomic E-state index is 13.2. The molecule has 2 rings (SSSR count). The Morgan fingerprint density at radius 1 is 1.09 bits per heavy atom. The lowest BCUT2D eigenvalue weighted by atomic mass is 10.1. The number of carbonyl (C=O) groups excluding carboxylic acids is 2. The van der Waals surface area contributed by atoms with Crippen LogP contribution in [0.2, 0.25) is 0 Å². The molecule has 1 N–H and O–H groups in total. The first-order valence-corrected chi connectivity index (χ1v) is 12.7. The summed E-state index contributed by atoms with van der Waals surface area (Å²) in [7, 11) is -2.11. The molecule has 7 nitrogen and oxygen atoms in total. The van der Waals surface area contributed by atoms with Crippen LogP contribution in [0, 0.1) is 5.82 Å². The van der Waals surface area contributed by atoms with Crippen molar-refractivity contribution in [3.05, 3.63) is 64.4 Å². The van der Waals surface area contributed by atoms with Crippen LogP contribution < -0.4 is 9.62 Å². The van der Waals surface area contributed by atoms with E-state index in [2.05, 4.69) is 21.2 Å². The van der Waals surface area contributed by atoms with Gasteiger partial charge in [0.2, 0.25) is 21.8 Å². The summed E-state index contributed by atoms with van der Waals surface area (Å²) in [5.74, 6) is -1.03. The van der Waals surface area contributed by atoms with Gasteiger partial charge in [-0.15, -0.1) is 0 Å². The molecule has 2 aromatic rings. The normalized spacial score (nSPS) is 12.2. The Balaban J connectivity index is 2.12. The third-order valence-corrected chi connectivity index (χ3v) is 6.67. The fraction of sp³-hybridized carbons (Fsp3) is 0.364. The van der Waals surface area contributed by atoms with Gasteiger partial charge in [0.1, 0.15) is 11.9 Å². The highest BCUT2D eigenvalue weighted by Gasteiger charge is 2.26. The summed E-state index contributed by atoms with van der Waals surface area (Å²) >= 11 is 3.37. The molecule has 0 aliphatic carbocycles. The van der Waals surface area contributed by atoms with E-state index in [4.69, 9.17) is 0 Å². The lowest BCUT2D eigenvalue weighted by Gasteiger charge is -2.29. The Hall–Kier alpha value is -2.46. The Labute approximate surface area is 196 Å². The van der Waals surface area contributed by atoms with Gasteiger partial charge in [-0.25, -0.2) is 12.8 Å². The molecule has 0 radical (unpaired) electrons. The van der Waals surface area contributed by atoms with Crippen molar-refractivity contribution < 1.29 is 22.4 Å². The molecular formula is C22H27BrFN3O4S. The summed E-state index contributed by atoms with van der Waals surface area (Å²) in [5, 5.41) is 2.56. The van der Waals surface area contributed by atoms with Crippen LogP contribution in [0.3, 0.4) is 0 Å². The van der Waals surface area contributed by atoms with Crippen LogP contribution in [-0.2, 0) is 26.2 Å². The van der Waals surface area contributed by atoms with Crippen molar-refractivity contribution in [3.63, 3.8) is 0 Å². The highest BCUT2D eigenvalue weighted by molar-refractivity contribution is 9.10. The molecule has 0 heterocycles. The molecule has 10 heteroatoms. The number of nitrogens with zero attached hydrogens (tertiary/aromatic N) is 2. The number of nitrogens with one attached hydrogen (secondary N) is 1. The number of amides is 2. The summed E-state index contributed by atoms with van der Waals surface area (Å²) in [4.78, 5) is 26.7. The van der Waals surface area contributed by atoms with Gasteiger partial charge in [0.25, 0.3) is 0 Å². The second-order valence-electron chi connectivity index (χ2n) is 7.35. The van der Waals surface area contributed by atoms with Crippen molar-refractivity contribution >= 4 is 43.5 Å². The monoisotopic (exact) mass is 527 g/mol. The predicted molar refractivity (Wildman–Crippen MR) is 126 cm³/mol. The average Bonchev–Trinajstić information content (AvgIpc) is 2.75. The molecule has 0 fully saturated rings. The molecule has 0 bridgehead atoms. The minimum atomic E-state index is -3.62. The zero-order valence-electron chi connectivity index (χ0n) is 18.2. The summed E-state index contributed by atoms with van der Waals surface area (Å²) in [6, 6.07) is 11.9. The van der Waals surface area contributed by atoms with Crippen molar-refractivity contribution in [1.29, 1.82) is 0 Å². The number of benzene rings is 2. The van der Waals surface area contributed by atoms with E-state index in [0.717, 1.165) is 20.6 Å². The summed E-state index contributed by atoms with van der Waals surface area (Å²) in [5.41, 5.74) is 1.19. The number of likely N-dealkylation sites (N-methyl/N-ethyl adjacent to an activating group) is 1. The van der Waals surface area contributed by atoms with E-state index < -0.39 is 21.9 Å². The second-order valence-corrected chi connectivity index (χ2v) is 10.2. The predicted octanol–water partition coefficient (Wildman–Crippen LogP) is 3.30. The van der Waals surface area contributed by atoms with Crippen LogP contribution in [0.25, 0.3) is 0 Å². The van der Waals surface area contributed by atoms with E-state index in [1.54, 1.807) is 6.92 Å². The van der Waals surface area contributed by atoms with Crippen LogP contribution in [0.1, 0.15) is 25.3 Å². The number of halogens is 2. The standard InChI is InChI=1S/C22H27BrFN3O4S/c1-16(22(29)25-2)26(15-17-6-8-18(23)9-7-17)21(28)5-4-14-27(32(3,30)31)20-12-10-19(24)11-13-20/h6-13,16H,4-5,14-15H2,1-3H3,(H,25,29). The van der Waals surface area contributed by atoms with Crippen LogP contribution in [-0.4, -0.2) is 51.0 Å². The first-order chi connectivity index (χ1) is 15.0. The number of hydrogen-bond donors (Lipinski definition) is 1. The zero-order chi connectivity index (χ0) is 23.9. The first kappa shape index (κ1) is 25.8. The highest BCUT2D eigenvalue weighted by atomic mass is 79.9. The summed E-state index contributed by atoms with van der Waals surface area (Å²) < 4.78 is 39.7. The van der Waals surface area contributed by atoms with E-state index in [0.29, 0.717) is 5.69 Å². The average molecular weight is 528 g/mol. The van der Waals surface area contributed by atoms with Gasteiger partial charge < -0.3 is 10.2 Å². The van der Waals surface area contributed by atoms with Crippen molar-refractivity contribution in [2.24, 2.45) is 0 Å². The van der Waals surface area contributed by atoms with Crippen molar-refractivity contribution in [1.82, 2.24) is 10.2 Å². The van der Waals surface area contributed by atoms with Gasteiger partial charge in [-0.05, 0) is 55.3 Å². The third-order valence-electron chi connectivity index (χ3n) is 4.95. The molecule has 0 saturated heterocycles. The van der Waals surface area contributed by atoms with Crippen molar-refractivity contribution in [3.8, 4) is 0 Å². The molecule has 0 aliphatic heterocycles. The van der Waals surface area contributed by atoms with E-state index in [1.165, 1.54) is 36.2 Å². The summed E-state index contributed by atoms with van der Waals surface area (Å²) in [6.45, 7) is 1.95. The minimum Gasteiger partial charge on any atom is -0.357 e. The van der Waals surface area contributed by atoms with Gasteiger partial charge in [0.05, 0.1) is 11.9 Å². The van der Waals surface area contributed by atoms with Gasteiger partial charge in [-0.2, -0.15) is 0 Å². The van der Waals surface area contributed by atoms with Gasteiger partial charge in [-0.3, -0.25) is 13.9 Å². The number of carbonyl (C=O) groups is 2. The maximum Gasteiger partial charge on any atom is 0.242 e. The Bertz CT molecular complexity index is 1030. The van der Waals surface area contributed by atoms with Gasteiger partial charge in [0.15, 0.2) is 0 Å². The lowest BCUT2D eigenvalue weighted by molar-refractivity contribution is -0.140. The molecule has 2 amide bonds. The van der Waals surface area contributed by atoms with E-state index in [1.807, 2.05) is 24.3 Å². The molecular weight excluding hydrogens is 501 g/mol. The molecule has 1 atom stereocenters. The van der Waals surface area contributed by atoms with Crippen molar-refractivity contribution in [2.75, 3.05) is 24.2 Å². The van der Waals surface area contributed by atoms with E-state index in [-0.39, 0.29) is 37.7 Å². The smallest absolute Gasteiger partial charge is 0.242 e. The molecule has 2 aromatic carbocycles. The van der Waals surface area contributed by atoms with Crippen LogP contribution in [0.4, 0.5) is 10.1 Å². The molecule has 0 spiro atoms. The fourth-order valence-electron chi connectivity index (χ4n) is 3.19. The third kappa shape index (κ3) is 7.30. The van der Waals surface area contributed by atoms with Gasteiger partial charge in [-0.1, -0.05) is 28.1 Å². The Kier molecular flexibility index (Phi) is 9.21. The quantitative estimate of drug-likeness (QED) is 0.513. The van der Waals surface area contributed by atoms with Gasteiger partial charge in [0, 0.05) is 31.0 Å². The highest BCUT2D eigenvalue weighted by Crippen LogP contribution is 2.20. The van der Waals surface area contributed by atoms with E-state index >= 15 is 0 Å². The number of anilines is 1. The number of hydrogen-bond acceptors (Lipinski definition) is 4. The molecule has 0 saturated carbocycles. The molecule has 174 valence electrons. The largest absolute Gasteiger partial charge is 0.357 e. The van der Waals surface area contributed by atoms with Crippen LogP contribution in [0.15, 0.2) is 53.0 Å². The van der Waals surface area contributed by atoms with Crippen LogP contribution >= 0.6 is 15.9 Å². The van der Waals surface area contributed by atoms with Crippen molar-refractivity contribution in [2.45, 2.75) is 32.4 Å². The maximum absolute atomic E-state index is 13.2. The second kappa shape index (κ2) is 11.4. The summed E-state index contributed by atoms with van der Waals surface area (Å²) in [6.07, 6.45) is 1.34. The van der Waals surface area contributed by atoms with Gasteiger partial charge >= 0.3 is 0 Å². The fourth-order valence-corrected chi connectivity index (χ4v) is 4.42. The SMILES string of the molecule is CNC(=O)C(C)N(Cc1ccc(Br)cc1)C(=O)CCCN(c1ccc(F)cc1)S(C)(=O)=O.